The predicted octanol–water partition coefficient (Wildman–Crippen LogP) is 3.53. The summed E-state index contributed by atoms with van der Waals surface area (Å²) >= 11 is 0. The number of methoxy groups -OCH3 is 1. The van der Waals surface area contributed by atoms with Gasteiger partial charge in [-0.05, 0) is 43.3 Å². The second-order valence-electron chi connectivity index (χ2n) is 6.32. The maximum absolute atomic E-state index is 12.7. The fraction of sp³-hybridized carbons (Fsp3) is 0.200. The highest BCUT2D eigenvalue weighted by Crippen LogP contribution is 2.30. The molecule has 1 N–H and O–H groups in total. The van der Waals surface area contributed by atoms with Crippen molar-refractivity contribution in [2.45, 2.75) is 19.1 Å². The molecular weight excluding hydrogens is 401 g/mol. The van der Waals surface area contributed by atoms with Gasteiger partial charge in [0.1, 0.15) is 17.5 Å². The topological polar surface area (TPSA) is 86.1 Å². The van der Waals surface area contributed by atoms with Crippen LogP contribution in [0, 0.1) is 0 Å². The number of hydrogen-bond acceptors (Lipinski definition) is 5. The maximum atomic E-state index is 12.7. The van der Waals surface area contributed by atoms with Crippen molar-refractivity contribution in [1.29, 1.82) is 0 Å². The van der Waals surface area contributed by atoms with Gasteiger partial charge in [0.25, 0.3) is 5.56 Å². The Balaban J connectivity index is 1.82. The largest absolute Gasteiger partial charge is 0.497 e. The zero-order valence-corrected chi connectivity index (χ0v) is 16.0. The molecule has 1 amide bonds. The fourth-order valence-corrected chi connectivity index (χ4v) is 2.62. The van der Waals surface area contributed by atoms with E-state index in [0.29, 0.717) is 17.1 Å². The summed E-state index contributed by atoms with van der Waals surface area (Å²) < 4.78 is 44.1. The highest BCUT2D eigenvalue weighted by Gasteiger charge is 2.30. The lowest BCUT2D eigenvalue weighted by Gasteiger charge is -2.15. The summed E-state index contributed by atoms with van der Waals surface area (Å²) in [5, 5.41) is 6.69. The Morgan fingerprint density at radius 2 is 1.80 bits per heavy atom. The van der Waals surface area contributed by atoms with Crippen LogP contribution in [0.4, 0.5) is 18.9 Å². The number of carbonyl (C=O) groups is 1. The Kier molecular flexibility index (Phi) is 5.86. The maximum Gasteiger partial charge on any atom is 0.416 e. The van der Waals surface area contributed by atoms with E-state index in [1.165, 1.54) is 32.4 Å². The van der Waals surface area contributed by atoms with E-state index in [9.17, 15) is 22.8 Å². The van der Waals surface area contributed by atoms with Crippen LogP contribution in [0.2, 0.25) is 0 Å². The number of alkyl halides is 3. The minimum absolute atomic E-state index is 0.165. The van der Waals surface area contributed by atoms with Gasteiger partial charge in [-0.3, -0.25) is 14.6 Å². The molecule has 7 nitrogen and oxygen atoms in total. The second-order valence-corrected chi connectivity index (χ2v) is 6.32. The zero-order valence-electron chi connectivity index (χ0n) is 16.0. The molecule has 0 aliphatic heterocycles. The van der Waals surface area contributed by atoms with Gasteiger partial charge in [0.15, 0.2) is 0 Å². The molecule has 2 heterocycles. The lowest BCUT2D eigenvalue weighted by atomic mass is 10.2. The summed E-state index contributed by atoms with van der Waals surface area (Å²) in [5.74, 6) is -0.0623. The molecule has 0 aliphatic carbocycles. The van der Waals surface area contributed by atoms with Crippen molar-refractivity contribution in [2.24, 2.45) is 0 Å². The van der Waals surface area contributed by atoms with Crippen molar-refractivity contribution < 1.29 is 22.7 Å². The van der Waals surface area contributed by atoms with Crippen LogP contribution < -0.4 is 15.6 Å². The second kappa shape index (κ2) is 8.36. The van der Waals surface area contributed by atoms with Gasteiger partial charge in [-0.25, -0.2) is 4.68 Å². The molecule has 30 heavy (non-hydrogen) atoms. The molecule has 0 radical (unpaired) electrons. The minimum atomic E-state index is -4.47. The summed E-state index contributed by atoms with van der Waals surface area (Å²) in [6, 6.07) is 8.99. The zero-order chi connectivity index (χ0) is 21.9. The number of ether oxygens (including phenoxy) is 1. The highest BCUT2D eigenvalue weighted by atomic mass is 19.4. The number of amides is 1. The Hall–Kier alpha value is -3.69. The Bertz CT molecular complexity index is 1110. The van der Waals surface area contributed by atoms with E-state index in [4.69, 9.17) is 4.74 Å². The minimum Gasteiger partial charge on any atom is -0.497 e. The molecule has 0 fully saturated rings. The van der Waals surface area contributed by atoms with Gasteiger partial charge in [-0.15, -0.1) is 0 Å². The molecule has 10 heteroatoms. The number of anilines is 1. The summed E-state index contributed by atoms with van der Waals surface area (Å²) in [5.41, 5.74) is -0.388. The Labute approximate surface area is 169 Å². The normalized spacial score (nSPS) is 12.3. The van der Waals surface area contributed by atoms with Crippen LogP contribution in [0.1, 0.15) is 18.5 Å². The molecule has 3 aromatic rings. The first kappa shape index (κ1) is 21.0. The molecule has 1 atom stereocenters. The van der Waals surface area contributed by atoms with Gasteiger partial charge in [0, 0.05) is 24.0 Å². The third-order valence-corrected chi connectivity index (χ3v) is 4.28. The third-order valence-electron chi connectivity index (χ3n) is 4.28. The summed E-state index contributed by atoms with van der Waals surface area (Å²) in [6.07, 6.45) is -2.95. The third kappa shape index (κ3) is 4.65. The van der Waals surface area contributed by atoms with Crippen molar-refractivity contribution in [2.75, 3.05) is 12.4 Å². The van der Waals surface area contributed by atoms with Crippen molar-refractivity contribution in [3.63, 3.8) is 0 Å². The number of halogens is 3. The first-order valence-electron chi connectivity index (χ1n) is 8.77. The van der Waals surface area contributed by atoms with Crippen LogP contribution in [0.15, 0.2) is 59.5 Å². The van der Waals surface area contributed by atoms with Gasteiger partial charge in [0.2, 0.25) is 5.91 Å². The smallest absolute Gasteiger partial charge is 0.416 e. The van der Waals surface area contributed by atoms with Crippen LogP contribution in [-0.2, 0) is 11.0 Å². The van der Waals surface area contributed by atoms with E-state index in [1.807, 2.05) is 0 Å². The van der Waals surface area contributed by atoms with E-state index in [1.54, 1.807) is 12.1 Å². The van der Waals surface area contributed by atoms with E-state index < -0.39 is 29.2 Å². The highest BCUT2D eigenvalue weighted by molar-refractivity contribution is 5.93. The van der Waals surface area contributed by atoms with Crippen LogP contribution >= 0.6 is 0 Å². The monoisotopic (exact) mass is 418 g/mol. The summed E-state index contributed by atoms with van der Waals surface area (Å²) in [7, 11) is 1.50. The molecule has 1 aromatic carbocycles. The molecule has 0 bridgehead atoms. The standard InChI is InChI=1S/C20H17F3N4O3/c1-12(19(29)25-14-5-3-13(4-6-14)20(21,22)23)27-18(28)8-7-16(26-27)17-11-15(30-2)9-10-24-17/h3-12H,1-2H3,(H,25,29). The number of pyridine rings is 1. The molecule has 0 saturated carbocycles. The SMILES string of the molecule is COc1ccnc(-c2ccc(=O)n(C(C)C(=O)Nc3ccc(C(F)(F)F)cc3)n2)c1. The van der Waals surface area contributed by atoms with E-state index in [-0.39, 0.29) is 5.69 Å². The van der Waals surface area contributed by atoms with E-state index >= 15 is 0 Å². The molecule has 156 valence electrons. The lowest BCUT2D eigenvalue weighted by Crippen LogP contribution is -2.33. The van der Waals surface area contributed by atoms with Gasteiger partial charge in [-0.2, -0.15) is 18.3 Å². The summed E-state index contributed by atoms with van der Waals surface area (Å²) in [6.45, 7) is 1.45. The van der Waals surface area contributed by atoms with Gasteiger partial charge < -0.3 is 10.1 Å². The van der Waals surface area contributed by atoms with E-state index in [2.05, 4.69) is 15.4 Å². The van der Waals surface area contributed by atoms with Gasteiger partial charge in [-0.1, -0.05) is 0 Å². The molecule has 3 rings (SSSR count). The molecular formula is C20H17F3N4O3. The summed E-state index contributed by atoms with van der Waals surface area (Å²) in [4.78, 5) is 28.9. The number of benzene rings is 1. The van der Waals surface area contributed by atoms with Crippen LogP contribution in [0.25, 0.3) is 11.4 Å². The van der Waals surface area contributed by atoms with Crippen LogP contribution in [-0.4, -0.2) is 27.8 Å². The van der Waals surface area contributed by atoms with Crippen molar-refractivity contribution in [3.05, 3.63) is 70.6 Å². The van der Waals surface area contributed by atoms with Crippen LogP contribution in [0.3, 0.4) is 0 Å². The molecule has 0 spiro atoms. The molecule has 0 saturated heterocycles. The predicted molar refractivity (Wildman–Crippen MR) is 103 cm³/mol. The molecule has 2 aromatic heterocycles. The van der Waals surface area contributed by atoms with Crippen molar-refractivity contribution in [3.8, 4) is 17.1 Å². The number of carbonyl (C=O) groups excluding carboxylic acids is 1. The van der Waals surface area contributed by atoms with Gasteiger partial charge >= 0.3 is 6.18 Å². The van der Waals surface area contributed by atoms with Crippen molar-refractivity contribution >= 4 is 11.6 Å². The first-order chi connectivity index (χ1) is 14.2. The number of nitrogens with zero attached hydrogens (tertiary/aromatic N) is 3. The lowest BCUT2D eigenvalue weighted by molar-refractivity contribution is -0.137. The Morgan fingerprint density at radius 1 is 1.10 bits per heavy atom. The number of rotatable bonds is 5. The van der Waals surface area contributed by atoms with Crippen molar-refractivity contribution in [1.82, 2.24) is 14.8 Å². The quantitative estimate of drug-likeness (QED) is 0.685. The van der Waals surface area contributed by atoms with Crippen LogP contribution in [0.5, 0.6) is 5.75 Å². The fourth-order valence-electron chi connectivity index (χ4n) is 2.62. The Morgan fingerprint density at radius 3 is 2.43 bits per heavy atom. The number of hydrogen-bond donors (Lipinski definition) is 1. The number of aromatic nitrogens is 3. The van der Waals surface area contributed by atoms with Gasteiger partial charge in [0.05, 0.1) is 18.4 Å². The number of nitrogens with one attached hydrogen (secondary N) is 1. The first-order valence-corrected chi connectivity index (χ1v) is 8.77. The molecule has 1 unspecified atom stereocenters. The average molecular weight is 418 g/mol. The average Bonchev–Trinajstić information content (AvgIpc) is 2.73. The van der Waals surface area contributed by atoms with E-state index in [0.717, 1.165) is 28.9 Å². The molecule has 0 aliphatic rings.